The topological polar surface area (TPSA) is 92.5 Å². The molecule has 5 rings (SSSR count). The van der Waals surface area contributed by atoms with Crippen LogP contribution in [0.3, 0.4) is 0 Å². The van der Waals surface area contributed by atoms with E-state index in [1.807, 2.05) is 6.07 Å². The van der Waals surface area contributed by atoms with Crippen LogP contribution in [0.4, 0.5) is 10.2 Å². The van der Waals surface area contributed by atoms with Gasteiger partial charge in [0.05, 0.1) is 5.69 Å². The molecular weight excluding hydrogens is 383 g/mol. The zero-order valence-electron chi connectivity index (χ0n) is 17.7. The quantitative estimate of drug-likeness (QED) is 0.606. The van der Waals surface area contributed by atoms with E-state index in [2.05, 4.69) is 44.5 Å². The first-order chi connectivity index (χ1) is 14.3. The Morgan fingerprint density at radius 1 is 1.13 bits per heavy atom. The van der Waals surface area contributed by atoms with Gasteiger partial charge in [-0.25, -0.2) is 4.98 Å². The minimum Gasteiger partial charge on any atom is -0.357 e. The molecule has 0 spiro atoms. The summed E-state index contributed by atoms with van der Waals surface area (Å²) >= 11 is 0. The van der Waals surface area contributed by atoms with Crippen molar-refractivity contribution in [3.8, 4) is 11.3 Å². The zero-order chi connectivity index (χ0) is 20.9. The molecule has 0 aliphatic heterocycles. The molecule has 3 aromatic heterocycles. The first kappa shape index (κ1) is 19.2. The van der Waals surface area contributed by atoms with Gasteiger partial charge in [0, 0.05) is 29.8 Å². The number of nitrogens with one attached hydrogen (secondary N) is 2. The molecule has 3 heterocycles. The lowest BCUT2D eigenvalue weighted by molar-refractivity contribution is 0.312. The Morgan fingerprint density at radius 2 is 1.93 bits per heavy atom. The number of nitrogens with zero attached hydrogens (tertiary/aromatic N) is 4. The number of H-pyrrole nitrogens is 1. The first-order valence-electron chi connectivity index (χ1n) is 10.7. The molecule has 0 unspecified atom stereocenters. The highest BCUT2D eigenvalue weighted by Crippen LogP contribution is 2.41. The Kier molecular flexibility index (Phi) is 4.41. The fourth-order valence-electron chi connectivity index (χ4n) is 4.91. The average Bonchev–Trinajstić information content (AvgIpc) is 3.40. The molecule has 2 N–H and O–H groups in total. The SMILES string of the molecule is Cc1nc(C2(Nc3cc(-c4n[nH]c5c4CCC(C)(C)C5)cc(F)n3)CCCC2)no1. The van der Waals surface area contributed by atoms with Crippen molar-refractivity contribution < 1.29 is 8.91 Å². The second-order valence-corrected chi connectivity index (χ2v) is 9.49. The maximum Gasteiger partial charge on any atom is 0.223 e. The van der Waals surface area contributed by atoms with Gasteiger partial charge in [-0.1, -0.05) is 31.8 Å². The first-order valence-corrected chi connectivity index (χ1v) is 10.7. The van der Waals surface area contributed by atoms with Crippen LogP contribution in [0.15, 0.2) is 16.7 Å². The summed E-state index contributed by atoms with van der Waals surface area (Å²) in [6.45, 7) is 6.32. The fourth-order valence-corrected chi connectivity index (χ4v) is 4.91. The summed E-state index contributed by atoms with van der Waals surface area (Å²) in [5, 5.41) is 15.3. The molecule has 2 aliphatic carbocycles. The van der Waals surface area contributed by atoms with Crippen molar-refractivity contribution in [1.29, 1.82) is 0 Å². The Bertz CT molecular complexity index is 1080. The van der Waals surface area contributed by atoms with Crippen LogP contribution >= 0.6 is 0 Å². The molecule has 158 valence electrons. The lowest BCUT2D eigenvalue weighted by atomic mass is 9.76. The Labute approximate surface area is 174 Å². The maximum atomic E-state index is 14.5. The molecule has 1 fully saturated rings. The van der Waals surface area contributed by atoms with Gasteiger partial charge in [-0.3, -0.25) is 5.10 Å². The number of rotatable bonds is 4. The number of aromatic nitrogens is 5. The Balaban J connectivity index is 1.50. The van der Waals surface area contributed by atoms with E-state index in [0.29, 0.717) is 17.5 Å². The van der Waals surface area contributed by atoms with Gasteiger partial charge in [-0.05, 0) is 43.6 Å². The van der Waals surface area contributed by atoms with E-state index in [1.54, 1.807) is 6.92 Å². The number of aryl methyl sites for hydroxylation is 1. The number of pyridine rings is 1. The summed E-state index contributed by atoms with van der Waals surface area (Å²) in [6.07, 6.45) is 6.78. The zero-order valence-corrected chi connectivity index (χ0v) is 17.7. The summed E-state index contributed by atoms with van der Waals surface area (Å²) < 4.78 is 19.8. The summed E-state index contributed by atoms with van der Waals surface area (Å²) in [5.41, 5.74) is 3.67. The predicted molar refractivity (Wildman–Crippen MR) is 110 cm³/mol. The molecule has 0 atom stereocenters. The molecule has 7 nitrogen and oxygen atoms in total. The number of fused-ring (bicyclic) bond motifs is 1. The van der Waals surface area contributed by atoms with E-state index in [0.717, 1.165) is 61.9 Å². The highest BCUT2D eigenvalue weighted by Gasteiger charge is 2.40. The minimum atomic E-state index is -0.527. The lowest BCUT2D eigenvalue weighted by Crippen LogP contribution is -2.34. The van der Waals surface area contributed by atoms with E-state index in [1.165, 1.54) is 11.6 Å². The standard InChI is InChI=1S/C22H27FN6O/c1-13-24-20(29-30-13)22(7-4-5-8-22)26-18-11-14(10-17(23)25-18)19-15-6-9-21(2,3)12-16(15)27-28-19/h10-11H,4-9,12H2,1-3H3,(H,25,26)(H,27,28). The van der Waals surface area contributed by atoms with Crippen molar-refractivity contribution in [3.05, 3.63) is 41.1 Å². The molecule has 1 saturated carbocycles. The molecule has 0 amide bonds. The maximum absolute atomic E-state index is 14.5. The normalized spacial score (nSPS) is 19.6. The molecule has 8 heteroatoms. The smallest absolute Gasteiger partial charge is 0.223 e. The summed E-state index contributed by atoms with van der Waals surface area (Å²) in [6, 6.07) is 3.34. The third-order valence-electron chi connectivity index (χ3n) is 6.51. The Morgan fingerprint density at radius 3 is 2.67 bits per heavy atom. The number of aromatic amines is 1. The largest absolute Gasteiger partial charge is 0.357 e. The van der Waals surface area contributed by atoms with Crippen LogP contribution in [0.25, 0.3) is 11.3 Å². The Hall–Kier alpha value is -2.77. The van der Waals surface area contributed by atoms with Gasteiger partial charge in [0.2, 0.25) is 11.8 Å². The second kappa shape index (κ2) is 6.89. The van der Waals surface area contributed by atoms with E-state index >= 15 is 0 Å². The van der Waals surface area contributed by atoms with Gasteiger partial charge in [-0.2, -0.15) is 14.5 Å². The van der Waals surface area contributed by atoms with Crippen molar-refractivity contribution in [2.24, 2.45) is 5.41 Å². The van der Waals surface area contributed by atoms with Gasteiger partial charge < -0.3 is 9.84 Å². The highest BCUT2D eigenvalue weighted by molar-refractivity contribution is 5.67. The number of halogens is 1. The van der Waals surface area contributed by atoms with Crippen LogP contribution in [-0.4, -0.2) is 25.3 Å². The van der Waals surface area contributed by atoms with Gasteiger partial charge in [0.1, 0.15) is 11.4 Å². The van der Waals surface area contributed by atoms with Crippen molar-refractivity contribution in [3.63, 3.8) is 0 Å². The number of hydrogen-bond acceptors (Lipinski definition) is 6. The number of anilines is 1. The highest BCUT2D eigenvalue weighted by atomic mass is 19.1. The molecule has 0 saturated heterocycles. The summed E-state index contributed by atoms with van der Waals surface area (Å²) in [4.78, 5) is 8.57. The molecule has 0 aromatic carbocycles. The van der Waals surface area contributed by atoms with Crippen LogP contribution in [0, 0.1) is 18.3 Å². The van der Waals surface area contributed by atoms with E-state index < -0.39 is 11.5 Å². The van der Waals surface area contributed by atoms with E-state index in [9.17, 15) is 4.39 Å². The summed E-state index contributed by atoms with van der Waals surface area (Å²) in [7, 11) is 0. The fraction of sp³-hybridized carbons (Fsp3) is 0.545. The molecule has 2 aliphatic rings. The van der Waals surface area contributed by atoms with Gasteiger partial charge in [0.25, 0.3) is 0 Å². The van der Waals surface area contributed by atoms with E-state index in [4.69, 9.17) is 4.52 Å². The monoisotopic (exact) mass is 410 g/mol. The van der Waals surface area contributed by atoms with Gasteiger partial charge in [-0.15, -0.1) is 0 Å². The third-order valence-corrected chi connectivity index (χ3v) is 6.51. The van der Waals surface area contributed by atoms with Crippen molar-refractivity contribution in [2.45, 2.75) is 71.3 Å². The van der Waals surface area contributed by atoms with Gasteiger partial charge in [0.15, 0.2) is 5.82 Å². The number of hydrogen-bond donors (Lipinski definition) is 2. The van der Waals surface area contributed by atoms with Crippen LogP contribution < -0.4 is 5.32 Å². The predicted octanol–water partition coefficient (Wildman–Crippen LogP) is 4.70. The molecule has 3 aromatic rings. The second-order valence-electron chi connectivity index (χ2n) is 9.49. The van der Waals surface area contributed by atoms with Crippen LogP contribution in [0.1, 0.15) is 68.9 Å². The lowest BCUT2D eigenvalue weighted by Gasteiger charge is -2.29. The van der Waals surface area contributed by atoms with Crippen molar-refractivity contribution >= 4 is 5.82 Å². The van der Waals surface area contributed by atoms with Crippen LogP contribution in [-0.2, 0) is 18.4 Å². The van der Waals surface area contributed by atoms with Crippen molar-refractivity contribution in [2.75, 3.05) is 5.32 Å². The van der Waals surface area contributed by atoms with Gasteiger partial charge >= 0.3 is 0 Å². The molecule has 0 radical (unpaired) electrons. The molecular formula is C22H27FN6O. The van der Waals surface area contributed by atoms with Crippen molar-refractivity contribution in [1.82, 2.24) is 25.3 Å². The van der Waals surface area contributed by atoms with Crippen LogP contribution in [0.2, 0.25) is 0 Å². The third kappa shape index (κ3) is 3.38. The minimum absolute atomic E-state index is 0.255. The molecule has 30 heavy (non-hydrogen) atoms. The van der Waals surface area contributed by atoms with Crippen LogP contribution in [0.5, 0.6) is 0 Å². The van der Waals surface area contributed by atoms with E-state index in [-0.39, 0.29) is 5.41 Å². The summed E-state index contributed by atoms with van der Waals surface area (Å²) in [5.74, 6) is 1.09. The average molecular weight is 410 g/mol. The molecule has 0 bridgehead atoms.